The van der Waals surface area contributed by atoms with E-state index >= 15 is 0 Å². The minimum atomic E-state index is -0.313. The van der Waals surface area contributed by atoms with Crippen LogP contribution in [-0.2, 0) is 14.4 Å². The minimum absolute atomic E-state index is 0.00157. The van der Waals surface area contributed by atoms with Crippen molar-refractivity contribution in [1.82, 2.24) is 4.90 Å². The van der Waals surface area contributed by atoms with Crippen molar-refractivity contribution in [1.29, 1.82) is 0 Å². The number of unbranched alkanes of at least 4 members (excludes halogenated alkanes) is 1. The highest BCUT2D eigenvalue weighted by Gasteiger charge is 2.39. The Hall–Kier alpha value is -3.15. The molecule has 0 aliphatic carbocycles. The van der Waals surface area contributed by atoms with Crippen LogP contribution in [0.1, 0.15) is 44.6 Å². The number of carbonyl (C=O) groups excluding carboxylic acids is 3. The monoisotopic (exact) mass is 461 g/mol. The van der Waals surface area contributed by atoms with E-state index in [0.29, 0.717) is 32.5 Å². The molecular weight excluding hydrogens is 426 g/mol. The molecule has 2 aromatic carbocycles. The highest BCUT2D eigenvalue weighted by molar-refractivity contribution is 6.00. The first-order chi connectivity index (χ1) is 16.5. The molecule has 2 fully saturated rings. The lowest BCUT2D eigenvalue weighted by molar-refractivity contribution is -0.138. The Kier molecular flexibility index (Phi) is 7.66. The van der Waals surface area contributed by atoms with Gasteiger partial charge in [0.1, 0.15) is 0 Å². The SMILES string of the molecule is CCCCN(C(=O)C1CCN(C(=O)C2CC(=O)N(c3ccc(C)cc3)C2)CC1)c1ccccc1. The van der Waals surface area contributed by atoms with Gasteiger partial charge in [0, 0.05) is 49.9 Å². The van der Waals surface area contributed by atoms with Gasteiger partial charge in [-0.1, -0.05) is 49.2 Å². The molecule has 180 valence electrons. The fourth-order valence-corrected chi connectivity index (χ4v) is 4.96. The first-order valence-electron chi connectivity index (χ1n) is 12.5. The van der Waals surface area contributed by atoms with E-state index in [-0.39, 0.29) is 36.0 Å². The molecule has 2 heterocycles. The van der Waals surface area contributed by atoms with Gasteiger partial charge in [-0.05, 0) is 50.5 Å². The fraction of sp³-hybridized carbons (Fsp3) is 0.464. The van der Waals surface area contributed by atoms with Crippen molar-refractivity contribution in [2.24, 2.45) is 11.8 Å². The summed E-state index contributed by atoms with van der Waals surface area (Å²) in [6, 6.07) is 17.7. The lowest BCUT2D eigenvalue weighted by Crippen LogP contribution is -2.46. The van der Waals surface area contributed by atoms with E-state index in [1.165, 1.54) is 0 Å². The summed E-state index contributed by atoms with van der Waals surface area (Å²) >= 11 is 0. The van der Waals surface area contributed by atoms with Gasteiger partial charge in [-0.3, -0.25) is 14.4 Å². The Balaban J connectivity index is 1.34. The number of hydrogen-bond acceptors (Lipinski definition) is 3. The number of anilines is 2. The molecule has 0 spiro atoms. The van der Waals surface area contributed by atoms with Gasteiger partial charge in [0.2, 0.25) is 17.7 Å². The molecule has 0 bridgehead atoms. The molecule has 2 saturated heterocycles. The minimum Gasteiger partial charge on any atom is -0.342 e. The maximum absolute atomic E-state index is 13.4. The molecule has 0 aromatic heterocycles. The Morgan fingerprint density at radius 2 is 1.65 bits per heavy atom. The highest BCUT2D eigenvalue weighted by atomic mass is 16.2. The summed E-state index contributed by atoms with van der Waals surface area (Å²) in [5.74, 6) is -0.184. The molecule has 0 radical (unpaired) electrons. The summed E-state index contributed by atoms with van der Waals surface area (Å²) in [6.45, 7) is 6.43. The molecule has 6 nitrogen and oxygen atoms in total. The van der Waals surface area contributed by atoms with Gasteiger partial charge < -0.3 is 14.7 Å². The van der Waals surface area contributed by atoms with Crippen molar-refractivity contribution >= 4 is 29.1 Å². The number of benzene rings is 2. The van der Waals surface area contributed by atoms with Crippen LogP contribution in [0.3, 0.4) is 0 Å². The smallest absolute Gasteiger partial charge is 0.230 e. The normalized spacial score (nSPS) is 18.9. The third kappa shape index (κ3) is 5.32. The number of carbonyl (C=O) groups is 3. The van der Waals surface area contributed by atoms with Gasteiger partial charge in [0.05, 0.1) is 5.92 Å². The number of amides is 3. The van der Waals surface area contributed by atoms with Crippen LogP contribution in [0.25, 0.3) is 0 Å². The number of aryl methyl sites for hydroxylation is 1. The summed E-state index contributed by atoms with van der Waals surface area (Å²) in [7, 11) is 0. The molecule has 1 unspecified atom stereocenters. The van der Waals surface area contributed by atoms with Gasteiger partial charge in [-0.15, -0.1) is 0 Å². The van der Waals surface area contributed by atoms with Gasteiger partial charge in [-0.25, -0.2) is 0 Å². The number of nitrogens with zero attached hydrogens (tertiary/aromatic N) is 3. The predicted molar refractivity (Wildman–Crippen MR) is 135 cm³/mol. The Morgan fingerprint density at radius 1 is 0.971 bits per heavy atom. The summed E-state index contributed by atoms with van der Waals surface area (Å²) < 4.78 is 0. The van der Waals surface area contributed by atoms with Crippen molar-refractivity contribution in [2.45, 2.75) is 46.0 Å². The number of likely N-dealkylation sites (tertiary alicyclic amines) is 1. The van der Waals surface area contributed by atoms with E-state index in [0.717, 1.165) is 36.3 Å². The molecule has 2 aliphatic heterocycles. The standard InChI is InChI=1S/C28H35N3O3/c1-3-4-16-30(24-8-6-5-7-9-24)28(34)22-14-17-29(18-15-22)27(33)23-19-26(32)31(20-23)25-12-10-21(2)11-13-25/h5-13,22-23H,3-4,14-20H2,1-2H3. The highest BCUT2D eigenvalue weighted by Crippen LogP contribution is 2.29. The van der Waals surface area contributed by atoms with Crippen LogP contribution >= 0.6 is 0 Å². The summed E-state index contributed by atoms with van der Waals surface area (Å²) in [5.41, 5.74) is 2.93. The molecular formula is C28H35N3O3. The average Bonchev–Trinajstić information content (AvgIpc) is 3.26. The van der Waals surface area contributed by atoms with Crippen LogP contribution < -0.4 is 9.80 Å². The van der Waals surface area contributed by atoms with E-state index in [9.17, 15) is 14.4 Å². The fourth-order valence-electron chi connectivity index (χ4n) is 4.96. The number of para-hydroxylation sites is 1. The van der Waals surface area contributed by atoms with Gasteiger partial charge in [0.15, 0.2) is 0 Å². The maximum Gasteiger partial charge on any atom is 0.230 e. The number of rotatable bonds is 7. The second-order valence-corrected chi connectivity index (χ2v) is 9.52. The Bertz CT molecular complexity index is 997. The largest absolute Gasteiger partial charge is 0.342 e. The quantitative estimate of drug-likeness (QED) is 0.613. The van der Waals surface area contributed by atoms with Gasteiger partial charge in [-0.2, -0.15) is 0 Å². The molecule has 2 aromatic rings. The summed E-state index contributed by atoms with van der Waals surface area (Å²) in [4.78, 5) is 44.7. The van der Waals surface area contributed by atoms with Crippen LogP contribution in [-0.4, -0.2) is 48.8 Å². The average molecular weight is 462 g/mol. The molecule has 6 heteroatoms. The van der Waals surface area contributed by atoms with Gasteiger partial charge >= 0.3 is 0 Å². The summed E-state index contributed by atoms with van der Waals surface area (Å²) in [6.07, 6.45) is 3.59. The van der Waals surface area contributed by atoms with E-state index in [1.54, 1.807) is 4.90 Å². The number of hydrogen-bond donors (Lipinski definition) is 0. The molecule has 0 N–H and O–H groups in total. The van der Waals surface area contributed by atoms with E-state index in [4.69, 9.17) is 0 Å². The Labute approximate surface area is 202 Å². The zero-order chi connectivity index (χ0) is 24.1. The second kappa shape index (κ2) is 10.9. The van der Waals surface area contributed by atoms with Gasteiger partial charge in [0.25, 0.3) is 0 Å². The summed E-state index contributed by atoms with van der Waals surface area (Å²) in [5, 5.41) is 0. The van der Waals surface area contributed by atoms with E-state index in [2.05, 4.69) is 6.92 Å². The predicted octanol–water partition coefficient (Wildman–Crippen LogP) is 4.42. The molecule has 34 heavy (non-hydrogen) atoms. The third-order valence-corrected chi connectivity index (χ3v) is 7.04. The molecule has 1 atom stereocenters. The molecule has 0 saturated carbocycles. The van der Waals surface area contributed by atoms with Crippen molar-refractivity contribution in [3.8, 4) is 0 Å². The van der Waals surface area contributed by atoms with Crippen LogP contribution in [0, 0.1) is 18.8 Å². The lowest BCUT2D eigenvalue weighted by Gasteiger charge is -2.35. The molecule has 2 aliphatic rings. The molecule has 4 rings (SSSR count). The zero-order valence-electron chi connectivity index (χ0n) is 20.3. The number of piperidine rings is 1. The van der Waals surface area contributed by atoms with Crippen LogP contribution in [0.15, 0.2) is 54.6 Å². The van der Waals surface area contributed by atoms with Crippen LogP contribution in [0.2, 0.25) is 0 Å². The lowest BCUT2D eigenvalue weighted by atomic mass is 9.93. The van der Waals surface area contributed by atoms with Crippen LogP contribution in [0.5, 0.6) is 0 Å². The molecule has 3 amide bonds. The topological polar surface area (TPSA) is 60.9 Å². The third-order valence-electron chi connectivity index (χ3n) is 7.04. The first-order valence-corrected chi connectivity index (χ1v) is 12.5. The van der Waals surface area contributed by atoms with Crippen molar-refractivity contribution in [3.05, 3.63) is 60.2 Å². The van der Waals surface area contributed by atoms with Crippen molar-refractivity contribution < 1.29 is 14.4 Å². The first kappa shape index (κ1) is 24.0. The Morgan fingerprint density at radius 3 is 2.29 bits per heavy atom. The maximum atomic E-state index is 13.4. The van der Waals surface area contributed by atoms with Crippen molar-refractivity contribution in [3.63, 3.8) is 0 Å². The zero-order valence-corrected chi connectivity index (χ0v) is 20.3. The van der Waals surface area contributed by atoms with E-state index in [1.807, 2.05) is 71.3 Å². The van der Waals surface area contributed by atoms with E-state index < -0.39 is 0 Å². The second-order valence-electron chi connectivity index (χ2n) is 9.52. The van der Waals surface area contributed by atoms with Crippen LogP contribution in [0.4, 0.5) is 11.4 Å². The van der Waals surface area contributed by atoms with Crippen molar-refractivity contribution in [2.75, 3.05) is 36.0 Å².